The third-order valence-electron chi connectivity index (χ3n) is 3.61. The summed E-state index contributed by atoms with van der Waals surface area (Å²) in [5, 5.41) is 6.30. The maximum absolute atomic E-state index is 12.2. The Morgan fingerprint density at radius 1 is 1.71 bits per heavy atom. The van der Waals surface area contributed by atoms with Gasteiger partial charge in [-0.25, -0.2) is 4.98 Å². The summed E-state index contributed by atoms with van der Waals surface area (Å²) in [6.07, 6.45) is 6.45. The lowest BCUT2D eigenvalue weighted by Crippen LogP contribution is -2.52. The van der Waals surface area contributed by atoms with Crippen LogP contribution < -0.4 is 10.6 Å². The molecule has 5 nitrogen and oxygen atoms in total. The SMILES string of the molecule is CCC1(C(=O)NCc2nccn2C)CCCN1. The van der Waals surface area contributed by atoms with Gasteiger partial charge in [0, 0.05) is 19.4 Å². The minimum atomic E-state index is -0.356. The van der Waals surface area contributed by atoms with Crippen LogP contribution in [0, 0.1) is 0 Å². The van der Waals surface area contributed by atoms with Gasteiger partial charge in [-0.05, 0) is 25.8 Å². The molecule has 17 heavy (non-hydrogen) atoms. The van der Waals surface area contributed by atoms with Gasteiger partial charge in [0.2, 0.25) is 5.91 Å². The molecule has 1 fully saturated rings. The number of hydrogen-bond acceptors (Lipinski definition) is 3. The number of carbonyl (C=O) groups excluding carboxylic acids is 1. The van der Waals surface area contributed by atoms with Gasteiger partial charge in [-0.15, -0.1) is 0 Å². The summed E-state index contributed by atoms with van der Waals surface area (Å²) >= 11 is 0. The van der Waals surface area contributed by atoms with E-state index >= 15 is 0 Å². The number of rotatable bonds is 4. The number of aryl methyl sites for hydroxylation is 1. The molecule has 0 bridgehead atoms. The predicted octanol–water partition coefficient (Wildman–Crippen LogP) is 0.568. The Balaban J connectivity index is 1.95. The van der Waals surface area contributed by atoms with Gasteiger partial charge in [-0.2, -0.15) is 0 Å². The van der Waals surface area contributed by atoms with E-state index in [1.54, 1.807) is 6.20 Å². The summed E-state index contributed by atoms with van der Waals surface area (Å²) in [4.78, 5) is 16.4. The monoisotopic (exact) mass is 236 g/mol. The van der Waals surface area contributed by atoms with Crippen LogP contribution in [0.5, 0.6) is 0 Å². The molecule has 0 aromatic carbocycles. The molecule has 0 saturated carbocycles. The first-order chi connectivity index (χ1) is 8.18. The number of hydrogen-bond donors (Lipinski definition) is 2. The van der Waals surface area contributed by atoms with Gasteiger partial charge in [0.1, 0.15) is 5.82 Å². The second-order valence-electron chi connectivity index (χ2n) is 4.60. The Morgan fingerprint density at radius 2 is 2.53 bits per heavy atom. The van der Waals surface area contributed by atoms with Gasteiger partial charge in [0.15, 0.2) is 0 Å². The van der Waals surface area contributed by atoms with Gasteiger partial charge >= 0.3 is 0 Å². The number of nitrogens with zero attached hydrogens (tertiary/aromatic N) is 2. The van der Waals surface area contributed by atoms with Crippen molar-refractivity contribution < 1.29 is 4.79 Å². The molecule has 1 saturated heterocycles. The van der Waals surface area contributed by atoms with Gasteiger partial charge in [-0.1, -0.05) is 6.92 Å². The Bertz CT molecular complexity index is 393. The summed E-state index contributed by atoms with van der Waals surface area (Å²) in [5.74, 6) is 0.975. The van der Waals surface area contributed by atoms with Crippen LogP contribution in [-0.2, 0) is 18.4 Å². The van der Waals surface area contributed by atoms with Crippen LogP contribution in [0.25, 0.3) is 0 Å². The molecule has 1 aromatic rings. The summed E-state index contributed by atoms with van der Waals surface area (Å²) in [6, 6.07) is 0. The Kier molecular flexibility index (Phi) is 3.47. The zero-order valence-electron chi connectivity index (χ0n) is 10.5. The molecule has 2 heterocycles. The Labute approximate surface area is 102 Å². The average molecular weight is 236 g/mol. The molecule has 94 valence electrons. The molecule has 2 N–H and O–H groups in total. The van der Waals surface area contributed by atoms with E-state index in [4.69, 9.17) is 0 Å². The number of amides is 1. The van der Waals surface area contributed by atoms with Crippen LogP contribution in [0.1, 0.15) is 32.0 Å². The van der Waals surface area contributed by atoms with Crippen LogP contribution >= 0.6 is 0 Å². The molecule has 0 spiro atoms. The molecule has 0 radical (unpaired) electrons. The molecular weight excluding hydrogens is 216 g/mol. The van der Waals surface area contributed by atoms with E-state index in [1.165, 1.54) is 0 Å². The smallest absolute Gasteiger partial charge is 0.240 e. The van der Waals surface area contributed by atoms with E-state index < -0.39 is 0 Å². The second kappa shape index (κ2) is 4.87. The van der Waals surface area contributed by atoms with Crippen molar-refractivity contribution in [3.8, 4) is 0 Å². The molecule has 1 atom stereocenters. The fraction of sp³-hybridized carbons (Fsp3) is 0.667. The van der Waals surface area contributed by atoms with E-state index in [0.29, 0.717) is 6.54 Å². The van der Waals surface area contributed by atoms with Crippen molar-refractivity contribution >= 4 is 5.91 Å². The third kappa shape index (κ3) is 2.34. The molecule has 1 aromatic heterocycles. The van der Waals surface area contributed by atoms with Crippen molar-refractivity contribution in [2.24, 2.45) is 7.05 Å². The van der Waals surface area contributed by atoms with Crippen molar-refractivity contribution in [1.29, 1.82) is 0 Å². The maximum Gasteiger partial charge on any atom is 0.240 e. The third-order valence-corrected chi connectivity index (χ3v) is 3.61. The maximum atomic E-state index is 12.2. The highest BCUT2D eigenvalue weighted by Crippen LogP contribution is 2.23. The van der Waals surface area contributed by atoms with Gasteiger partial charge in [0.05, 0.1) is 12.1 Å². The minimum absolute atomic E-state index is 0.0977. The summed E-state index contributed by atoms with van der Waals surface area (Å²) in [7, 11) is 1.93. The van der Waals surface area contributed by atoms with Crippen LogP contribution in [0.3, 0.4) is 0 Å². The molecule has 1 unspecified atom stereocenters. The normalized spacial score (nSPS) is 23.9. The quantitative estimate of drug-likeness (QED) is 0.803. The molecular formula is C12H20N4O. The van der Waals surface area contributed by atoms with Crippen LogP contribution in [0.2, 0.25) is 0 Å². The first-order valence-electron chi connectivity index (χ1n) is 6.17. The zero-order chi connectivity index (χ0) is 12.3. The van der Waals surface area contributed by atoms with E-state index in [9.17, 15) is 4.79 Å². The fourth-order valence-corrected chi connectivity index (χ4v) is 2.36. The molecule has 1 aliphatic heterocycles. The molecule has 1 aliphatic rings. The highest BCUT2D eigenvalue weighted by Gasteiger charge is 2.38. The fourth-order valence-electron chi connectivity index (χ4n) is 2.36. The number of imidazole rings is 1. The lowest BCUT2D eigenvalue weighted by Gasteiger charge is -2.26. The van der Waals surface area contributed by atoms with Crippen molar-refractivity contribution in [3.63, 3.8) is 0 Å². The van der Waals surface area contributed by atoms with Gasteiger partial charge < -0.3 is 15.2 Å². The van der Waals surface area contributed by atoms with Crippen molar-refractivity contribution in [2.75, 3.05) is 6.54 Å². The van der Waals surface area contributed by atoms with E-state index in [1.807, 2.05) is 17.8 Å². The summed E-state index contributed by atoms with van der Waals surface area (Å²) in [6.45, 7) is 3.48. The van der Waals surface area contributed by atoms with Crippen LogP contribution in [-0.4, -0.2) is 27.5 Å². The van der Waals surface area contributed by atoms with Gasteiger partial charge in [-0.3, -0.25) is 4.79 Å². The topological polar surface area (TPSA) is 59.0 Å². The molecule has 0 aliphatic carbocycles. The van der Waals surface area contributed by atoms with E-state index in [-0.39, 0.29) is 11.4 Å². The van der Waals surface area contributed by atoms with E-state index in [0.717, 1.165) is 31.6 Å². The van der Waals surface area contributed by atoms with Crippen molar-refractivity contribution in [3.05, 3.63) is 18.2 Å². The lowest BCUT2D eigenvalue weighted by molar-refractivity contribution is -0.127. The largest absolute Gasteiger partial charge is 0.347 e. The summed E-state index contributed by atoms with van der Waals surface area (Å²) < 4.78 is 1.92. The van der Waals surface area contributed by atoms with Crippen molar-refractivity contribution in [1.82, 2.24) is 20.2 Å². The van der Waals surface area contributed by atoms with E-state index in [2.05, 4.69) is 22.5 Å². The highest BCUT2D eigenvalue weighted by atomic mass is 16.2. The highest BCUT2D eigenvalue weighted by molar-refractivity contribution is 5.86. The van der Waals surface area contributed by atoms with Crippen LogP contribution in [0.4, 0.5) is 0 Å². The average Bonchev–Trinajstić information content (AvgIpc) is 2.95. The number of nitrogens with one attached hydrogen (secondary N) is 2. The lowest BCUT2D eigenvalue weighted by atomic mass is 9.93. The molecule has 1 amide bonds. The predicted molar refractivity (Wildman–Crippen MR) is 65.3 cm³/mol. The van der Waals surface area contributed by atoms with Gasteiger partial charge in [0.25, 0.3) is 0 Å². The first kappa shape index (κ1) is 12.1. The minimum Gasteiger partial charge on any atom is -0.347 e. The Hall–Kier alpha value is -1.36. The standard InChI is InChI=1S/C12H20N4O/c1-3-12(5-4-6-15-12)11(17)14-9-10-13-7-8-16(10)2/h7-8,15H,3-6,9H2,1-2H3,(H,14,17). The van der Waals surface area contributed by atoms with Crippen LogP contribution in [0.15, 0.2) is 12.4 Å². The summed E-state index contributed by atoms with van der Waals surface area (Å²) in [5.41, 5.74) is -0.356. The molecule has 5 heteroatoms. The zero-order valence-corrected chi connectivity index (χ0v) is 10.5. The molecule has 2 rings (SSSR count). The number of carbonyl (C=O) groups is 1. The first-order valence-corrected chi connectivity index (χ1v) is 6.17. The number of aromatic nitrogens is 2. The van der Waals surface area contributed by atoms with Crippen molar-refractivity contribution in [2.45, 2.75) is 38.3 Å². The Morgan fingerprint density at radius 3 is 3.06 bits per heavy atom. The second-order valence-corrected chi connectivity index (χ2v) is 4.60.